The maximum absolute atomic E-state index is 13.1. The highest BCUT2D eigenvalue weighted by Crippen LogP contribution is 2.44. The van der Waals surface area contributed by atoms with Crippen molar-refractivity contribution in [3.63, 3.8) is 0 Å². The standard InChI is InChI=1S/C22H27NO8S2/c1-2-3-11-23-12-5-4-10-22(25)19-9-7-15(32(26,27)28)13-18(19)21(24)17-8-6-16(14-20(17)22)33(29,30)31/h6-9,13-14,23,25H,2-5,10-12H2,1H3,(H,26,27,28)(H,29,30,31). The van der Waals surface area contributed by atoms with Gasteiger partial charge in [-0.25, -0.2) is 0 Å². The second-order valence-corrected chi connectivity index (χ2v) is 11.0. The fourth-order valence-corrected chi connectivity index (χ4v) is 5.09. The van der Waals surface area contributed by atoms with Crippen LogP contribution in [0.5, 0.6) is 0 Å². The zero-order chi connectivity index (χ0) is 24.4. The van der Waals surface area contributed by atoms with Gasteiger partial charge in [-0.2, -0.15) is 16.8 Å². The zero-order valence-electron chi connectivity index (χ0n) is 18.1. The van der Waals surface area contributed by atoms with Gasteiger partial charge in [0, 0.05) is 16.7 Å². The average molecular weight is 498 g/mol. The predicted molar refractivity (Wildman–Crippen MR) is 121 cm³/mol. The molecule has 0 aromatic heterocycles. The van der Waals surface area contributed by atoms with Gasteiger partial charge in [0.2, 0.25) is 0 Å². The van der Waals surface area contributed by atoms with Crippen LogP contribution in [0.2, 0.25) is 0 Å². The summed E-state index contributed by atoms with van der Waals surface area (Å²) in [6.07, 6.45) is 3.44. The number of nitrogens with one attached hydrogen (secondary N) is 1. The minimum Gasteiger partial charge on any atom is -0.380 e. The molecule has 2 aromatic carbocycles. The molecule has 1 aliphatic rings. The van der Waals surface area contributed by atoms with Gasteiger partial charge in [0.1, 0.15) is 5.60 Å². The largest absolute Gasteiger partial charge is 0.380 e. The van der Waals surface area contributed by atoms with Gasteiger partial charge >= 0.3 is 0 Å². The smallest absolute Gasteiger partial charge is 0.294 e. The average Bonchev–Trinajstić information content (AvgIpc) is 2.75. The van der Waals surface area contributed by atoms with Gasteiger partial charge in [-0.1, -0.05) is 19.4 Å². The van der Waals surface area contributed by atoms with Crippen LogP contribution in [0.15, 0.2) is 46.2 Å². The zero-order valence-corrected chi connectivity index (χ0v) is 19.7. The number of hydrogen-bond acceptors (Lipinski definition) is 7. The van der Waals surface area contributed by atoms with Gasteiger partial charge in [0.05, 0.1) is 9.79 Å². The van der Waals surface area contributed by atoms with Crippen molar-refractivity contribution in [3.8, 4) is 0 Å². The molecule has 0 amide bonds. The molecular weight excluding hydrogens is 470 g/mol. The van der Waals surface area contributed by atoms with Crippen LogP contribution in [-0.2, 0) is 25.8 Å². The van der Waals surface area contributed by atoms with Crippen LogP contribution in [0.1, 0.15) is 66.1 Å². The summed E-state index contributed by atoms with van der Waals surface area (Å²) < 4.78 is 65.4. The molecule has 2 aromatic rings. The Morgan fingerprint density at radius 3 is 2.06 bits per heavy atom. The van der Waals surface area contributed by atoms with E-state index in [2.05, 4.69) is 12.2 Å². The van der Waals surface area contributed by atoms with E-state index in [1.54, 1.807) is 0 Å². The van der Waals surface area contributed by atoms with Crippen molar-refractivity contribution in [3.05, 3.63) is 58.7 Å². The summed E-state index contributed by atoms with van der Waals surface area (Å²) in [5.74, 6) is -0.627. The van der Waals surface area contributed by atoms with E-state index in [-0.39, 0.29) is 28.7 Å². The topological polar surface area (TPSA) is 158 Å². The highest BCUT2D eigenvalue weighted by atomic mass is 32.2. The lowest BCUT2D eigenvalue weighted by Gasteiger charge is -2.36. The molecule has 0 radical (unpaired) electrons. The van der Waals surface area contributed by atoms with Gasteiger partial charge in [-0.15, -0.1) is 0 Å². The molecular formula is C22H27NO8S2. The first-order chi connectivity index (χ1) is 15.4. The first-order valence-corrected chi connectivity index (χ1v) is 13.5. The molecule has 9 nitrogen and oxygen atoms in total. The number of ketones is 1. The Labute approximate surface area is 193 Å². The number of carbonyl (C=O) groups is 1. The lowest BCUT2D eigenvalue weighted by Crippen LogP contribution is -2.36. The van der Waals surface area contributed by atoms with Crippen LogP contribution < -0.4 is 5.32 Å². The van der Waals surface area contributed by atoms with E-state index in [1.165, 1.54) is 12.1 Å². The molecule has 0 spiro atoms. The Kier molecular flexibility index (Phi) is 7.42. The van der Waals surface area contributed by atoms with Gasteiger partial charge in [0.15, 0.2) is 5.78 Å². The van der Waals surface area contributed by atoms with Crippen molar-refractivity contribution >= 4 is 26.0 Å². The Hall–Kier alpha value is -2.15. The molecule has 0 fully saturated rings. The van der Waals surface area contributed by atoms with Crippen LogP contribution in [0.3, 0.4) is 0 Å². The van der Waals surface area contributed by atoms with E-state index in [0.717, 1.165) is 43.7 Å². The maximum atomic E-state index is 13.1. The number of fused-ring (bicyclic) bond motifs is 2. The fourth-order valence-electron chi connectivity index (χ4n) is 4.07. The SMILES string of the molecule is CCCCNCCCCC1(O)c2ccc(S(=O)(=O)O)cc2C(=O)c2ccc(S(=O)(=O)O)cc21. The fraction of sp³-hybridized carbons (Fsp3) is 0.409. The van der Waals surface area contributed by atoms with Crippen molar-refractivity contribution in [2.24, 2.45) is 0 Å². The summed E-state index contributed by atoms with van der Waals surface area (Å²) >= 11 is 0. The first kappa shape index (κ1) is 25.5. The van der Waals surface area contributed by atoms with Gasteiger partial charge in [-0.05, 0) is 74.7 Å². The van der Waals surface area contributed by atoms with Crippen molar-refractivity contribution in [1.82, 2.24) is 5.32 Å². The normalized spacial score (nSPS) is 18.1. The molecule has 0 heterocycles. The van der Waals surface area contributed by atoms with E-state index >= 15 is 0 Å². The molecule has 1 aliphatic carbocycles. The van der Waals surface area contributed by atoms with Crippen LogP contribution >= 0.6 is 0 Å². The van der Waals surface area contributed by atoms with E-state index in [0.29, 0.717) is 19.4 Å². The predicted octanol–water partition coefficient (Wildman–Crippen LogP) is 2.52. The minimum absolute atomic E-state index is 0.00837. The Balaban J connectivity index is 2.05. The van der Waals surface area contributed by atoms with E-state index < -0.39 is 41.4 Å². The molecule has 33 heavy (non-hydrogen) atoms. The second kappa shape index (κ2) is 9.61. The third kappa shape index (κ3) is 5.34. The number of carbonyl (C=O) groups excluding carboxylic acids is 1. The molecule has 0 aliphatic heterocycles. The monoisotopic (exact) mass is 497 g/mol. The molecule has 11 heteroatoms. The summed E-state index contributed by atoms with van der Waals surface area (Å²) in [7, 11) is -9.18. The lowest BCUT2D eigenvalue weighted by atomic mass is 9.72. The first-order valence-electron chi connectivity index (χ1n) is 10.6. The lowest BCUT2D eigenvalue weighted by molar-refractivity contribution is 0.0610. The summed E-state index contributed by atoms with van der Waals surface area (Å²) in [4.78, 5) is 12.1. The van der Waals surface area contributed by atoms with Crippen molar-refractivity contribution in [2.75, 3.05) is 13.1 Å². The number of aliphatic hydroxyl groups is 1. The van der Waals surface area contributed by atoms with Crippen LogP contribution in [0.25, 0.3) is 0 Å². The molecule has 4 N–H and O–H groups in total. The molecule has 1 unspecified atom stereocenters. The highest BCUT2D eigenvalue weighted by Gasteiger charge is 2.43. The number of hydrogen-bond donors (Lipinski definition) is 4. The van der Waals surface area contributed by atoms with Gasteiger partial charge in [-0.3, -0.25) is 13.9 Å². The van der Waals surface area contributed by atoms with Crippen molar-refractivity contribution in [1.29, 1.82) is 0 Å². The molecule has 1 atom stereocenters. The van der Waals surface area contributed by atoms with E-state index in [1.807, 2.05) is 0 Å². The second-order valence-electron chi connectivity index (χ2n) is 8.11. The molecule has 0 saturated carbocycles. The van der Waals surface area contributed by atoms with Crippen LogP contribution in [0.4, 0.5) is 0 Å². The third-order valence-corrected chi connectivity index (χ3v) is 7.51. The Bertz CT molecular complexity index is 1270. The van der Waals surface area contributed by atoms with E-state index in [9.17, 15) is 35.8 Å². The van der Waals surface area contributed by atoms with Gasteiger partial charge in [0.25, 0.3) is 20.2 Å². The number of benzene rings is 2. The quantitative estimate of drug-likeness (QED) is 0.286. The summed E-state index contributed by atoms with van der Waals surface area (Å²) in [6, 6.07) is 6.63. The number of unbranched alkanes of at least 4 members (excludes halogenated alkanes) is 2. The maximum Gasteiger partial charge on any atom is 0.294 e. The van der Waals surface area contributed by atoms with Crippen LogP contribution in [-0.4, -0.2) is 49.9 Å². The molecule has 180 valence electrons. The number of rotatable bonds is 10. The Morgan fingerprint density at radius 2 is 1.42 bits per heavy atom. The van der Waals surface area contributed by atoms with Gasteiger partial charge < -0.3 is 10.4 Å². The van der Waals surface area contributed by atoms with Crippen molar-refractivity contribution in [2.45, 2.75) is 54.4 Å². The Morgan fingerprint density at radius 1 is 0.818 bits per heavy atom. The summed E-state index contributed by atoms with van der Waals surface area (Å²) in [5, 5.41) is 15.0. The third-order valence-electron chi connectivity index (χ3n) is 5.81. The van der Waals surface area contributed by atoms with Crippen molar-refractivity contribution < 1.29 is 35.8 Å². The minimum atomic E-state index is -4.59. The van der Waals surface area contributed by atoms with Crippen LogP contribution in [0, 0.1) is 0 Å². The molecule has 3 rings (SSSR count). The highest BCUT2D eigenvalue weighted by molar-refractivity contribution is 7.86. The molecule has 0 saturated heterocycles. The molecule has 0 bridgehead atoms. The summed E-state index contributed by atoms with van der Waals surface area (Å²) in [5.41, 5.74) is -1.78. The summed E-state index contributed by atoms with van der Waals surface area (Å²) in [6.45, 7) is 3.67. The van der Waals surface area contributed by atoms with E-state index in [4.69, 9.17) is 0 Å².